The number of fused-ring (bicyclic) bond motifs is 1. The van der Waals surface area contributed by atoms with E-state index in [1.54, 1.807) is 0 Å². The first kappa shape index (κ1) is 16.5. The first-order valence-electron chi connectivity index (χ1n) is 8.29. The Morgan fingerprint density at radius 1 is 1.05 bits per heavy atom. The molecule has 1 aromatic carbocycles. The lowest BCUT2D eigenvalue weighted by Crippen LogP contribution is -2.27. The molecule has 1 heterocycles. The van der Waals surface area contributed by atoms with Crippen LogP contribution >= 0.6 is 11.3 Å². The lowest BCUT2D eigenvalue weighted by atomic mass is 10.0. The molecule has 0 saturated carbocycles. The lowest BCUT2D eigenvalue weighted by molar-refractivity contribution is 0.481. The second-order valence-corrected chi connectivity index (χ2v) is 6.93. The summed E-state index contributed by atoms with van der Waals surface area (Å²) in [4.78, 5) is 1.37. The summed E-state index contributed by atoms with van der Waals surface area (Å²) in [7, 11) is 0. The van der Waals surface area contributed by atoms with Crippen molar-refractivity contribution in [3.63, 3.8) is 0 Å². The minimum Gasteiger partial charge on any atom is -0.271 e. The summed E-state index contributed by atoms with van der Waals surface area (Å²) in [6.07, 6.45) is 10.6. The largest absolute Gasteiger partial charge is 0.271 e. The van der Waals surface area contributed by atoms with Crippen molar-refractivity contribution in [2.75, 3.05) is 0 Å². The fourth-order valence-electron chi connectivity index (χ4n) is 2.79. The molecule has 2 aromatic rings. The Balaban J connectivity index is 1.77. The maximum absolute atomic E-state index is 5.76. The van der Waals surface area contributed by atoms with E-state index >= 15 is 0 Å². The fraction of sp³-hybridized carbons (Fsp3) is 0.556. The van der Waals surface area contributed by atoms with Gasteiger partial charge in [-0.2, -0.15) is 0 Å². The third kappa shape index (κ3) is 5.10. The molecule has 0 fully saturated rings. The van der Waals surface area contributed by atoms with Crippen molar-refractivity contribution < 1.29 is 0 Å². The first-order chi connectivity index (χ1) is 10.3. The molecule has 21 heavy (non-hydrogen) atoms. The SMILES string of the molecule is CCCCCCCCCC(NN)c1cc2ccccc2s1. The van der Waals surface area contributed by atoms with Crippen LogP contribution in [0.25, 0.3) is 10.1 Å². The molecule has 0 radical (unpaired) electrons. The maximum atomic E-state index is 5.76. The monoisotopic (exact) mass is 304 g/mol. The van der Waals surface area contributed by atoms with Gasteiger partial charge in [0, 0.05) is 9.58 Å². The first-order valence-corrected chi connectivity index (χ1v) is 9.11. The van der Waals surface area contributed by atoms with Gasteiger partial charge in [0.1, 0.15) is 0 Å². The van der Waals surface area contributed by atoms with Crippen LogP contribution < -0.4 is 11.3 Å². The van der Waals surface area contributed by atoms with Crippen LogP contribution in [0.5, 0.6) is 0 Å². The Labute approximate surface area is 132 Å². The van der Waals surface area contributed by atoms with Crippen LogP contribution in [0.15, 0.2) is 30.3 Å². The van der Waals surface area contributed by atoms with E-state index in [9.17, 15) is 0 Å². The molecular weight excluding hydrogens is 276 g/mol. The zero-order chi connectivity index (χ0) is 14.9. The summed E-state index contributed by atoms with van der Waals surface area (Å²) in [5.74, 6) is 5.76. The van der Waals surface area contributed by atoms with Crippen molar-refractivity contribution in [1.82, 2.24) is 5.43 Å². The molecule has 2 rings (SSSR count). The summed E-state index contributed by atoms with van der Waals surface area (Å²) in [5.41, 5.74) is 3.00. The van der Waals surface area contributed by atoms with Gasteiger partial charge in [0.2, 0.25) is 0 Å². The number of thiophene rings is 1. The van der Waals surface area contributed by atoms with Crippen molar-refractivity contribution in [2.24, 2.45) is 5.84 Å². The van der Waals surface area contributed by atoms with E-state index in [1.807, 2.05) is 11.3 Å². The van der Waals surface area contributed by atoms with Gasteiger partial charge in [-0.25, -0.2) is 0 Å². The quantitative estimate of drug-likeness (QED) is 0.343. The van der Waals surface area contributed by atoms with Gasteiger partial charge in [-0.1, -0.05) is 70.1 Å². The predicted octanol–water partition coefficient (Wildman–Crippen LogP) is 5.55. The van der Waals surface area contributed by atoms with Crippen LogP contribution in [0, 0.1) is 0 Å². The van der Waals surface area contributed by atoms with E-state index in [0.717, 1.165) is 6.42 Å². The normalized spacial score (nSPS) is 12.9. The van der Waals surface area contributed by atoms with Crippen LogP contribution in [-0.4, -0.2) is 0 Å². The Hall–Kier alpha value is -0.900. The average Bonchev–Trinajstić information content (AvgIpc) is 2.94. The summed E-state index contributed by atoms with van der Waals surface area (Å²) < 4.78 is 1.35. The minimum atomic E-state index is 0.304. The molecule has 0 spiro atoms. The van der Waals surface area contributed by atoms with Crippen LogP contribution in [0.3, 0.4) is 0 Å². The van der Waals surface area contributed by atoms with Gasteiger partial charge >= 0.3 is 0 Å². The molecule has 3 N–H and O–H groups in total. The maximum Gasteiger partial charge on any atom is 0.0553 e. The Bertz CT molecular complexity index is 488. The fourth-order valence-corrected chi connectivity index (χ4v) is 3.95. The Morgan fingerprint density at radius 2 is 1.76 bits per heavy atom. The van der Waals surface area contributed by atoms with Crippen molar-refractivity contribution in [3.8, 4) is 0 Å². The number of nitrogens with one attached hydrogen (secondary N) is 1. The third-order valence-electron chi connectivity index (χ3n) is 4.09. The van der Waals surface area contributed by atoms with Crippen LogP contribution in [0.4, 0.5) is 0 Å². The number of nitrogens with two attached hydrogens (primary N) is 1. The van der Waals surface area contributed by atoms with E-state index in [4.69, 9.17) is 5.84 Å². The zero-order valence-corrected chi connectivity index (χ0v) is 13.9. The topological polar surface area (TPSA) is 38.0 Å². The Kier molecular flexibility index (Phi) is 7.20. The summed E-state index contributed by atoms with van der Waals surface area (Å²) in [6, 6.07) is 11.1. The molecule has 0 bridgehead atoms. The molecule has 0 amide bonds. The third-order valence-corrected chi connectivity index (χ3v) is 5.32. The second kappa shape index (κ2) is 9.19. The predicted molar refractivity (Wildman–Crippen MR) is 94.5 cm³/mol. The number of hydrogen-bond acceptors (Lipinski definition) is 3. The van der Waals surface area contributed by atoms with Gasteiger partial charge in [0.25, 0.3) is 0 Å². The molecule has 2 nitrogen and oxygen atoms in total. The van der Waals surface area contributed by atoms with Gasteiger partial charge < -0.3 is 0 Å². The van der Waals surface area contributed by atoms with Crippen molar-refractivity contribution in [3.05, 3.63) is 35.2 Å². The average molecular weight is 305 g/mol. The van der Waals surface area contributed by atoms with Gasteiger partial charge in [-0.15, -0.1) is 11.3 Å². The van der Waals surface area contributed by atoms with Crippen molar-refractivity contribution in [1.29, 1.82) is 0 Å². The molecule has 116 valence electrons. The van der Waals surface area contributed by atoms with Crippen molar-refractivity contribution in [2.45, 2.75) is 64.3 Å². The number of hydrogen-bond donors (Lipinski definition) is 2. The summed E-state index contributed by atoms with van der Waals surface area (Å²) in [5, 5.41) is 1.33. The molecule has 3 heteroatoms. The lowest BCUT2D eigenvalue weighted by Gasteiger charge is -2.13. The highest BCUT2D eigenvalue weighted by Gasteiger charge is 2.12. The molecule has 1 unspecified atom stereocenters. The van der Waals surface area contributed by atoms with Crippen molar-refractivity contribution >= 4 is 21.4 Å². The second-order valence-electron chi connectivity index (χ2n) is 5.82. The van der Waals surface area contributed by atoms with Gasteiger partial charge in [0.05, 0.1) is 6.04 Å². The van der Waals surface area contributed by atoms with E-state index < -0.39 is 0 Å². The van der Waals surface area contributed by atoms with Gasteiger partial charge in [0.15, 0.2) is 0 Å². The summed E-state index contributed by atoms with van der Waals surface area (Å²) in [6.45, 7) is 2.27. The van der Waals surface area contributed by atoms with Crippen LogP contribution in [-0.2, 0) is 0 Å². The van der Waals surface area contributed by atoms with E-state index in [-0.39, 0.29) is 0 Å². The molecule has 0 saturated heterocycles. The molecule has 0 aliphatic rings. The van der Waals surface area contributed by atoms with Gasteiger partial charge in [-0.3, -0.25) is 11.3 Å². The van der Waals surface area contributed by atoms with E-state index in [0.29, 0.717) is 6.04 Å². The number of rotatable bonds is 10. The number of unbranched alkanes of at least 4 members (excludes halogenated alkanes) is 6. The molecule has 0 aliphatic heterocycles. The number of hydrazine groups is 1. The minimum absolute atomic E-state index is 0.304. The highest BCUT2D eigenvalue weighted by molar-refractivity contribution is 7.19. The highest BCUT2D eigenvalue weighted by Crippen LogP contribution is 2.31. The van der Waals surface area contributed by atoms with E-state index in [2.05, 4.69) is 42.7 Å². The molecule has 0 aliphatic carbocycles. The summed E-state index contributed by atoms with van der Waals surface area (Å²) >= 11 is 1.86. The smallest absolute Gasteiger partial charge is 0.0553 e. The van der Waals surface area contributed by atoms with Crippen LogP contribution in [0.1, 0.15) is 69.2 Å². The standard InChI is InChI=1S/C18H28N2S/c1-2-3-4-5-6-7-8-12-16(20-19)18-14-15-11-9-10-13-17(15)21-18/h9-11,13-14,16,20H,2-8,12,19H2,1H3. The van der Waals surface area contributed by atoms with Crippen LogP contribution in [0.2, 0.25) is 0 Å². The van der Waals surface area contributed by atoms with Gasteiger partial charge in [-0.05, 0) is 23.9 Å². The Morgan fingerprint density at radius 3 is 2.48 bits per heavy atom. The highest BCUT2D eigenvalue weighted by atomic mass is 32.1. The van der Waals surface area contributed by atoms with E-state index in [1.165, 1.54) is 59.9 Å². The molecule has 1 aromatic heterocycles. The zero-order valence-electron chi connectivity index (χ0n) is 13.1. The molecule has 1 atom stereocenters. The number of benzene rings is 1. The molecular formula is C18H28N2S.